The number of nitrogens with two attached hydrogens (primary N) is 1. The Balaban J connectivity index is 2.75. The number of rotatable bonds is 3. The predicted molar refractivity (Wildman–Crippen MR) is 56.2 cm³/mol. The Labute approximate surface area is 88.1 Å². The van der Waals surface area contributed by atoms with Crippen molar-refractivity contribution in [3.05, 3.63) is 28.0 Å². The van der Waals surface area contributed by atoms with Gasteiger partial charge in [0.2, 0.25) is 0 Å². The van der Waals surface area contributed by atoms with Crippen molar-refractivity contribution in [2.24, 2.45) is 5.73 Å². The van der Waals surface area contributed by atoms with Crippen LogP contribution in [0.1, 0.15) is 18.9 Å². The fourth-order valence-electron chi connectivity index (χ4n) is 1.05. The molecular weight excluding hydrogens is 207 g/mol. The average Bonchev–Trinajstić information content (AvgIpc) is 2.03. The minimum absolute atomic E-state index is 0.167. The van der Waals surface area contributed by atoms with E-state index in [4.69, 9.17) is 28.9 Å². The van der Waals surface area contributed by atoms with Gasteiger partial charge < -0.3 is 5.73 Å². The first kappa shape index (κ1) is 10.8. The summed E-state index contributed by atoms with van der Waals surface area (Å²) in [5.41, 5.74) is 6.58. The molecule has 0 aromatic carbocycles. The fourth-order valence-corrected chi connectivity index (χ4v) is 1.60. The minimum Gasteiger partial charge on any atom is -0.328 e. The summed E-state index contributed by atoms with van der Waals surface area (Å²) in [4.78, 5) is 3.88. The highest BCUT2D eigenvalue weighted by Crippen LogP contribution is 2.24. The second kappa shape index (κ2) is 4.80. The van der Waals surface area contributed by atoms with Crippen LogP contribution in [0.25, 0.3) is 0 Å². The average molecular weight is 219 g/mol. The van der Waals surface area contributed by atoms with E-state index in [1.165, 1.54) is 0 Å². The topological polar surface area (TPSA) is 38.9 Å². The van der Waals surface area contributed by atoms with Crippen LogP contribution in [0.4, 0.5) is 0 Å². The molecule has 0 saturated heterocycles. The van der Waals surface area contributed by atoms with E-state index in [9.17, 15) is 0 Å². The molecule has 0 unspecified atom stereocenters. The second-order valence-corrected chi connectivity index (χ2v) is 3.91. The highest BCUT2D eigenvalue weighted by molar-refractivity contribution is 6.35. The third kappa shape index (κ3) is 3.14. The Morgan fingerprint density at radius 3 is 2.38 bits per heavy atom. The molecule has 1 atom stereocenters. The summed E-state index contributed by atoms with van der Waals surface area (Å²) in [6.45, 7) is 1.96. The molecule has 0 spiro atoms. The van der Waals surface area contributed by atoms with Gasteiger partial charge in [-0.3, -0.25) is 4.98 Å². The maximum atomic E-state index is 5.93. The van der Waals surface area contributed by atoms with Crippen molar-refractivity contribution in [2.45, 2.75) is 25.8 Å². The van der Waals surface area contributed by atoms with E-state index in [0.717, 1.165) is 18.4 Å². The number of hydrogen-bond acceptors (Lipinski definition) is 2. The van der Waals surface area contributed by atoms with Crippen LogP contribution in [0.3, 0.4) is 0 Å². The molecule has 0 fully saturated rings. The molecule has 2 N–H and O–H groups in total. The molecule has 72 valence electrons. The Morgan fingerprint density at radius 2 is 1.92 bits per heavy atom. The van der Waals surface area contributed by atoms with Crippen LogP contribution in [0.2, 0.25) is 10.0 Å². The van der Waals surface area contributed by atoms with E-state index in [1.807, 2.05) is 6.92 Å². The first-order valence-electron chi connectivity index (χ1n) is 4.14. The molecule has 1 rings (SSSR count). The molecule has 2 nitrogen and oxygen atoms in total. The number of nitrogens with zero attached hydrogens (tertiary/aromatic N) is 1. The van der Waals surface area contributed by atoms with Crippen LogP contribution in [-0.2, 0) is 6.42 Å². The third-order valence-corrected chi connectivity index (χ3v) is 2.45. The van der Waals surface area contributed by atoms with Gasteiger partial charge in [0, 0.05) is 18.4 Å². The summed E-state index contributed by atoms with van der Waals surface area (Å²) >= 11 is 11.9. The van der Waals surface area contributed by atoms with Gasteiger partial charge in [0.1, 0.15) is 0 Å². The monoisotopic (exact) mass is 218 g/mol. The van der Waals surface area contributed by atoms with Gasteiger partial charge in [-0.25, -0.2) is 0 Å². The van der Waals surface area contributed by atoms with Crippen LogP contribution in [-0.4, -0.2) is 11.0 Å². The molecule has 1 heterocycles. The van der Waals surface area contributed by atoms with Gasteiger partial charge in [-0.15, -0.1) is 0 Å². The van der Waals surface area contributed by atoms with Gasteiger partial charge in [-0.1, -0.05) is 23.2 Å². The van der Waals surface area contributed by atoms with Gasteiger partial charge in [0.25, 0.3) is 0 Å². The zero-order chi connectivity index (χ0) is 9.84. The van der Waals surface area contributed by atoms with Crippen molar-refractivity contribution in [3.8, 4) is 0 Å². The number of halogens is 2. The first-order valence-corrected chi connectivity index (χ1v) is 4.90. The standard InChI is InChI=1S/C9H12Cl2N2/c1-6(12)2-3-7-8(10)4-13-5-9(7)11/h4-6H,2-3,12H2,1H3/t6-/m1/s1. The van der Waals surface area contributed by atoms with Crippen LogP contribution >= 0.6 is 23.2 Å². The summed E-state index contributed by atoms with van der Waals surface area (Å²) < 4.78 is 0. The van der Waals surface area contributed by atoms with Crippen LogP contribution in [0.15, 0.2) is 12.4 Å². The van der Waals surface area contributed by atoms with Gasteiger partial charge in [0.15, 0.2) is 0 Å². The summed E-state index contributed by atoms with van der Waals surface area (Å²) in [5, 5.41) is 1.24. The molecule has 0 aliphatic carbocycles. The van der Waals surface area contributed by atoms with Crippen LogP contribution < -0.4 is 5.73 Å². The Bertz CT molecular complexity index is 267. The maximum Gasteiger partial charge on any atom is 0.0636 e. The van der Waals surface area contributed by atoms with E-state index in [2.05, 4.69) is 4.98 Å². The lowest BCUT2D eigenvalue weighted by molar-refractivity contribution is 0.666. The first-order chi connectivity index (χ1) is 6.11. The summed E-state index contributed by atoms with van der Waals surface area (Å²) in [6.07, 6.45) is 4.88. The van der Waals surface area contributed by atoms with E-state index in [1.54, 1.807) is 12.4 Å². The Kier molecular flexibility index (Phi) is 3.97. The Hall–Kier alpha value is -0.310. The lowest BCUT2D eigenvalue weighted by Crippen LogP contribution is -2.15. The van der Waals surface area contributed by atoms with Crippen LogP contribution in [0, 0.1) is 0 Å². The van der Waals surface area contributed by atoms with Crippen molar-refractivity contribution in [1.29, 1.82) is 0 Å². The molecule has 0 radical (unpaired) electrons. The normalized spacial score (nSPS) is 12.9. The van der Waals surface area contributed by atoms with Crippen LogP contribution in [0.5, 0.6) is 0 Å². The fraction of sp³-hybridized carbons (Fsp3) is 0.444. The molecule has 0 bridgehead atoms. The lowest BCUT2D eigenvalue weighted by Gasteiger charge is -2.07. The van der Waals surface area contributed by atoms with Crippen molar-refractivity contribution in [2.75, 3.05) is 0 Å². The molecular formula is C9H12Cl2N2. The zero-order valence-electron chi connectivity index (χ0n) is 7.43. The molecule has 4 heteroatoms. The highest BCUT2D eigenvalue weighted by atomic mass is 35.5. The molecule has 0 aliphatic rings. The van der Waals surface area contributed by atoms with E-state index in [0.29, 0.717) is 10.0 Å². The molecule has 0 amide bonds. The van der Waals surface area contributed by atoms with E-state index >= 15 is 0 Å². The smallest absolute Gasteiger partial charge is 0.0636 e. The van der Waals surface area contributed by atoms with Gasteiger partial charge in [-0.05, 0) is 25.3 Å². The number of hydrogen-bond donors (Lipinski definition) is 1. The SMILES string of the molecule is C[C@@H](N)CCc1c(Cl)cncc1Cl. The molecule has 0 saturated carbocycles. The quantitative estimate of drug-likeness (QED) is 0.848. The van der Waals surface area contributed by atoms with Gasteiger partial charge in [0.05, 0.1) is 10.0 Å². The minimum atomic E-state index is 0.167. The Morgan fingerprint density at radius 1 is 1.38 bits per heavy atom. The third-order valence-electron chi connectivity index (χ3n) is 1.80. The number of aromatic nitrogens is 1. The summed E-state index contributed by atoms with van der Waals surface area (Å²) in [7, 11) is 0. The molecule has 1 aromatic heterocycles. The molecule has 0 aliphatic heterocycles. The van der Waals surface area contributed by atoms with Crippen molar-refractivity contribution >= 4 is 23.2 Å². The maximum absolute atomic E-state index is 5.93. The number of pyridine rings is 1. The van der Waals surface area contributed by atoms with Gasteiger partial charge >= 0.3 is 0 Å². The van der Waals surface area contributed by atoms with E-state index < -0.39 is 0 Å². The largest absolute Gasteiger partial charge is 0.328 e. The molecule has 13 heavy (non-hydrogen) atoms. The molecule has 1 aromatic rings. The van der Waals surface area contributed by atoms with Crippen molar-refractivity contribution in [3.63, 3.8) is 0 Å². The summed E-state index contributed by atoms with van der Waals surface area (Å²) in [5.74, 6) is 0. The summed E-state index contributed by atoms with van der Waals surface area (Å²) in [6, 6.07) is 0.167. The van der Waals surface area contributed by atoms with E-state index in [-0.39, 0.29) is 6.04 Å². The highest BCUT2D eigenvalue weighted by Gasteiger charge is 2.06. The van der Waals surface area contributed by atoms with Crippen molar-refractivity contribution < 1.29 is 0 Å². The zero-order valence-corrected chi connectivity index (χ0v) is 8.94. The predicted octanol–water partition coefficient (Wildman–Crippen LogP) is 2.67. The second-order valence-electron chi connectivity index (χ2n) is 3.10. The lowest BCUT2D eigenvalue weighted by atomic mass is 10.1. The van der Waals surface area contributed by atoms with Gasteiger partial charge in [-0.2, -0.15) is 0 Å². The van der Waals surface area contributed by atoms with Crippen molar-refractivity contribution in [1.82, 2.24) is 4.98 Å².